The molecule has 7 nitrogen and oxygen atoms in total. The number of carbonyl (C=O) groups excluding carboxylic acids is 2. The van der Waals surface area contributed by atoms with E-state index in [0.717, 1.165) is 31.6 Å². The van der Waals surface area contributed by atoms with Crippen LogP contribution in [0.25, 0.3) is 0 Å². The lowest BCUT2D eigenvalue weighted by Gasteiger charge is -2.33. The van der Waals surface area contributed by atoms with Gasteiger partial charge in [0.25, 0.3) is 0 Å². The van der Waals surface area contributed by atoms with Crippen LogP contribution in [0, 0.1) is 5.92 Å². The summed E-state index contributed by atoms with van der Waals surface area (Å²) in [5.74, 6) is 0.602. The summed E-state index contributed by atoms with van der Waals surface area (Å²) in [6.45, 7) is 3.44. The molecule has 2 amide bonds. The molecule has 3 aliphatic rings. The fourth-order valence-electron chi connectivity index (χ4n) is 3.99. The first kappa shape index (κ1) is 19.8. The second-order valence-corrected chi connectivity index (χ2v) is 7.09. The van der Waals surface area contributed by atoms with Gasteiger partial charge in [-0.05, 0) is 44.5 Å². The molecule has 8 heteroatoms. The molecule has 27 heavy (non-hydrogen) atoms. The predicted octanol–water partition coefficient (Wildman–Crippen LogP) is 1.44. The number of amides is 2. The van der Waals surface area contributed by atoms with Crippen molar-refractivity contribution in [3.63, 3.8) is 0 Å². The average Bonchev–Trinajstić information content (AvgIpc) is 3.08. The Morgan fingerprint density at radius 2 is 1.85 bits per heavy atom. The van der Waals surface area contributed by atoms with E-state index in [1.54, 1.807) is 9.80 Å². The Morgan fingerprint density at radius 3 is 2.59 bits per heavy atom. The summed E-state index contributed by atoms with van der Waals surface area (Å²) in [7, 11) is 1.83. The minimum Gasteiger partial charge on any atom is -0.486 e. The third-order valence-electron chi connectivity index (χ3n) is 5.55. The highest BCUT2D eigenvalue weighted by molar-refractivity contribution is 6.09. The van der Waals surface area contributed by atoms with Gasteiger partial charge in [-0.2, -0.15) is 0 Å². The highest BCUT2D eigenvalue weighted by Crippen LogP contribution is 2.36. The van der Waals surface area contributed by atoms with Crippen molar-refractivity contribution in [1.82, 2.24) is 10.2 Å². The lowest BCUT2D eigenvalue weighted by atomic mass is 10.0. The number of rotatable bonds is 3. The first-order valence-electron chi connectivity index (χ1n) is 9.33. The van der Waals surface area contributed by atoms with Crippen LogP contribution in [0.1, 0.15) is 19.3 Å². The Morgan fingerprint density at radius 1 is 1.15 bits per heavy atom. The fourth-order valence-corrected chi connectivity index (χ4v) is 3.99. The number of anilines is 1. The molecular formula is C19H26ClN3O4. The summed E-state index contributed by atoms with van der Waals surface area (Å²) in [6, 6.07) is 5.73. The van der Waals surface area contributed by atoms with E-state index in [2.05, 4.69) is 5.32 Å². The fraction of sp³-hybridized carbons (Fsp3) is 0.579. The summed E-state index contributed by atoms with van der Waals surface area (Å²) < 4.78 is 11.1. The van der Waals surface area contributed by atoms with Crippen LogP contribution < -0.4 is 19.7 Å². The minimum atomic E-state index is -0.580. The summed E-state index contributed by atoms with van der Waals surface area (Å²) in [5, 5.41) is 3.31. The average molecular weight is 396 g/mol. The molecule has 0 radical (unpaired) electrons. The summed E-state index contributed by atoms with van der Waals surface area (Å²) in [4.78, 5) is 29.3. The van der Waals surface area contributed by atoms with E-state index in [9.17, 15) is 9.59 Å². The molecule has 1 aromatic carbocycles. The van der Waals surface area contributed by atoms with Crippen LogP contribution in [0.5, 0.6) is 11.5 Å². The van der Waals surface area contributed by atoms with Gasteiger partial charge in [-0.15, -0.1) is 12.4 Å². The normalized spacial score (nSPS) is 22.3. The van der Waals surface area contributed by atoms with Crippen molar-refractivity contribution >= 4 is 29.9 Å². The van der Waals surface area contributed by atoms with E-state index in [1.807, 2.05) is 25.2 Å². The second kappa shape index (κ2) is 8.35. The van der Waals surface area contributed by atoms with Crippen LogP contribution in [0.3, 0.4) is 0 Å². The molecule has 0 aliphatic carbocycles. The Hall–Kier alpha value is -1.99. The third-order valence-corrected chi connectivity index (χ3v) is 5.55. The van der Waals surface area contributed by atoms with Gasteiger partial charge in [0.15, 0.2) is 11.5 Å². The zero-order valence-corrected chi connectivity index (χ0v) is 16.3. The number of piperidine rings is 1. The van der Waals surface area contributed by atoms with Crippen LogP contribution in [-0.2, 0) is 9.59 Å². The van der Waals surface area contributed by atoms with Gasteiger partial charge in [-0.3, -0.25) is 9.59 Å². The maximum Gasteiger partial charge on any atom is 0.239 e. The molecule has 0 aromatic heterocycles. The first-order valence-corrected chi connectivity index (χ1v) is 9.33. The SMILES string of the molecule is CN(C(=O)C1CCN(c2ccc3c(c2)OCCO3)C1=O)C1CCNCC1.Cl. The van der Waals surface area contributed by atoms with Gasteiger partial charge in [0.1, 0.15) is 19.1 Å². The summed E-state index contributed by atoms with van der Waals surface area (Å²) in [5.41, 5.74) is 0.763. The quantitative estimate of drug-likeness (QED) is 0.784. The Balaban J connectivity index is 0.00000210. The van der Waals surface area contributed by atoms with Gasteiger partial charge in [-0.25, -0.2) is 0 Å². The highest BCUT2D eigenvalue weighted by Gasteiger charge is 2.40. The van der Waals surface area contributed by atoms with Gasteiger partial charge in [-0.1, -0.05) is 0 Å². The van der Waals surface area contributed by atoms with E-state index in [4.69, 9.17) is 9.47 Å². The second-order valence-electron chi connectivity index (χ2n) is 7.09. The molecule has 4 rings (SSSR count). The highest BCUT2D eigenvalue weighted by atomic mass is 35.5. The molecule has 148 valence electrons. The van der Waals surface area contributed by atoms with Crippen LogP contribution in [0.15, 0.2) is 18.2 Å². The van der Waals surface area contributed by atoms with Crippen molar-refractivity contribution in [3.8, 4) is 11.5 Å². The van der Waals surface area contributed by atoms with Crippen LogP contribution in [0.2, 0.25) is 0 Å². The number of benzene rings is 1. The monoisotopic (exact) mass is 395 g/mol. The molecule has 1 unspecified atom stereocenters. The maximum atomic E-state index is 12.9. The number of hydrogen-bond acceptors (Lipinski definition) is 5. The minimum absolute atomic E-state index is 0. The Kier molecular flexibility index (Phi) is 6.11. The van der Waals surface area contributed by atoms with Crippen LogP contribution in [-0.4, -0.2) is 62.7 Å². The molecule has 2 fully saturated rings. The van der Waals surface area contributed by atoms with Gasteiger partial charge in [0.2, 0.25) is 11.8 Å². The predicted molar refractivity (Wildman–Crippen MR) is 104 cm³/mol. The smallest absolute Gasteiger partial charge is 0.239 e. The van der Waals surface area contributed by atoms with E-state index in [1.165, 1.54) is 0 Å². The van der Waals surface area contributed by atoms with Gasteiger partial charge in [0.05, 0.1) is 0 Å². The topological polar surface area (TPSA) is 71.1 Å². The van der Waals surface area contributed by atoms with E-state index >= 15 is 0 Å². The number of hydrogen-bond donors (Lipinski definition) is 1. The number of halogens is 1. The molecule has 0 saturated carbocycles. The molecular weight excluding hydrogens is 370 g/mol. The summed E-state index contributed by atoms with van der Waals surface area (Å²) in [6.07, 6.45) is 2.44. The lowest BCUT2D eigenvalue weighted by molar-refractivity contribution is -0.140. The van der Waals surface area contributed by atoms with E-state index in [-0.39, 0.29) is 30.3 Å². The van der Waals surface area contributed by atoms with Crippen molar-refractivity contribution in [2.75, 3.05) is 44.8 Å². The molecule has 3 aliphatic heterocycles. The summed E-state index contributed by atoms with van der Waals surface area (Å²) >= 11 is 0. The molecule has 1 aromatic rings. The van der Waals surface area contributed by atoms with Crippen molar-refractivity contribution in [1.29, 1.82) is 0 Å². The van der Waals surface area contributed by atoms with Crippen molar-refractivity contribution in [2.45, 2.75) is 25.3 Å². The number of carbonyl (C=O) groups is 2. The molecule has 0 bridgehead atoms. The van der Waals surface area contributed by atoms with Crippen molar-refractivity contribution in [3.05, 3.63) is 18.2 Å². The molecule has 0 spiro atoms. The van der Waals surface area contributed by atoms with Crippen molar-refractivity contribution < 1.29 is 19.1 Å². The number of ether oxygens (including phenoxy) is 2. The van der Waals surface area contributed by atoms with Crippen molar-refractivity contribution in [2.24, 2.45) is 5.92 Å². The number of nitrogens with one attached hydrogen (secondary N) is 1. The van der Waals surface area contributed by atoms with Gasteiger partial charge in [0, 0.05) is 31.4 Å². The standard InChI is InChI=1S/C19H25N3O4.ClH/c1-21(13-4-7-20-8-5-13)18(23)15-6-9-22(19(15)24)14-2-3-16-17(12-14)26-11-10-25-16;/h2-3,12-13,15,20H,4-11H2,1H3;1H. The Bertz CT molecular complexity index is 708. The van der Waals surface area contributed by atoms with Crippen LogP contribution in [0.4, 0.5) is 5.69 Å². The molecule has 1 N–H and O–H groups in total. The van der Waals surface area contributed by atoms with E-state index in [0.29, 0.717) is 37.7 Å². The largest absolute Gasteiger partial charge is 0.486 e. The maximum absolute atomic E-state index is 12.9. The van der Waals surface area contributed by atoms with Gasteiger partial charge < -0.3 is 24.6 Å². The Labute approximate surface area is 165 Å². The zero-order valence-electron chi connectivity index (χ0n) is 15.5. The first-order chi connectivity index (χ1) is 12.6. The van der Waals surface area contributed by atoms with E-state index < -0.39 is 5.92 Å². The zero-order chi connectivity index (χ0) is 18.1. The molecule has 2 saturated heterocycles. The van der Waals surface area contributed by atoms with Gasteiger partial charge >= 0.3 is 0 Å². The lowest BCUT2D eigenvalue weighted by Crippen LogP contribution is -2.47. The third kappa shape index (κ3) is 3.84. The number of fused-ring (bicyclic) bond motifs is 1. The molecule has 3 heterocycles. The van der Waals surface area contributed by atoms with Crippen LogP contribution >= 0.6 is 12.4 Å². The number of nitrogens with zero attached hydrogens (tertiary/aromatic N) is 2. The molecule has 1 atom stereocenters.